The van der Waals surface area contributed by atoms with E-state index in [0.717, 1.165) is 44.9 Å². The van der Waals surface area contributed by atoms with Gasteiger partial charge in [-0.05, 0) is 52.9 Å². The Morgan fingerprint density at radius 1 is 1.00 bits per heavy atom. The summed E-state index contributed by atoms with van der Waals surface area (Å²) in [4.78, 5) is 18.4. The number of aliphatic hydroxyl groups is 1. The van der Waals surface area contributed by atoms with Gasteiger partial charge in [0.1, 0.15) is 0 Å². The Hall–Kier alpha value is -0.310. The Labute approximate surface area is 153 Å². The maximum Gasteiger partial charge on any atom is 0.382 e. The first-order valence-electron chi connectivity index (χ1n) is 9.07. The van der Waals surface area contributed by atoms with Crippen molar-refractivity contribution in [1.82, 2.24) is 0 Å². The average Bonchev–Trinajstić information content (AvgIpc) is 2.51. The molecule has 5 nitrogen and oxygen atoms in total. The molecule has 0 spiro atoms. The van der Waals surface area contributed by atoms with Crippen molar-refractivity contribution in [3.05, 3.63) is 23.3 Å². The smallest absolute Gasteiger partial charge is 0.353 e. The second-order valence-electron chi connectivity index (χ2n) is 6.84. The molecule has 0 bridgehead atoms. The van der Waals surface area contributed by atoms with Gasteiger partial charge in [0.15, 0.2) is 0 Å². The topological polar surface area (TPSA) is 94.8 Å². The fourth-order valence-electron chi connectivity index (χ4n) is 2.61. The Morgan fingerprint density at radius 3 is 2.16 bits per heavy atom. The predicted octanol–water partition coefficient (Wildman–Crippen LogP) is 5.69. The number of hydrogen-bond acceptors (Lipinski definition) is 3. The number of hydrogen-bond donors (Lipinski definition) is 3. The lowest BCUT2D eigenvalue weighted by Crippen LogP contribution is -2.05. The van der Waals surface area contributed by atoms with Gasteiger partial charge in [-0.25, -0.2) is 0 Å². The lowest BCUT2D eigenvalue weighted by atomic mass is 10.1. The van der Waals surface area contributed by atoms with Crippen molar-refractivity contribution in [3.8, 4) is 0 Å². The van der Waals surface area contributed by atoms with Gasteiger partial charge in [0.2, 0.25) is 6.35 Å². The molecule has 0 saturated carbocycles. The minimum atomic E-state index is -4.40. The normalized spacial score (nSPS) is 14.3. The van der Waals surface area contributed by atoms with Gasteiger partial charge in [-0.1, -0.05) is 47.1 Å². The molecule has 25 heavy (non-hydrogen) atoms. The van der Waals surface area contributed by atoms with E-state index in [9.17, 15) is 18.9 Å². The van der Waals surface area contributed by atoms with Gasteiger partial charge < -0.3 is 14.9 Å². The predicted molar refractivity (Wildman–Crippen MR) is 105 cm³/mol. The maximum atomic E-state index is 11.5. The molecule has 0 aliphatic carbocycles. The summed E-state index contributed by atoms with van der Waals surface area (Å²) in [6, 6.07) is 0. The summed E-state index contributed by atoms with van der Waals surface area (Å²) in [5.41, 5.74) is 2.78. The first-order chi connectivity index (χ1) is 11.7. The van der Waals surface area contributed by atoms with Gasteiger partial charge in [-0.3, -0.25) is 4.57 Å². The molecule has 0 radical (unpaired) electrons. The average molecular weight is 393 g/mol. The highest BCUT2D eigenvalue weighted by molar-refractivity contribution is 7.67. The number of allylic oxidation sites excluding steroid dienone is 4. The van der Waals surface area contributed by atoms with Crippen LogP contribution in [-0.2, 0) is 9.13 Å². The maximum absolute atomic E-state index is 11.5. The molecule has 2 atom stereocenters. The van der Waals surface area contributed by atoms with Crippen molar-refractivity contribution in [2.75, 3.05) is 6.35 Å². The van der Waals surface area contributed by atoms with E-state index in [1.165, 1.54) is 11.1 Å². The van der Waals surface area contributed by atoms with E-state index in [1.54, 1.807) is 0 Å². The van der Waals surface area contributed by atoms with E-state index < -0.39 is 27.1 Å². The Balaban J connectivity index is 3.84. The van der Waals surface area contributed by atoms with Gasteiger partial charge in [0, 0.05) is 6.42 Å². The van der Waals surface area contributed by atoms with E-state index in [1.807, 2.05) is 0 Å². The number of unbranched alkanes of at least 4 members (excludes halogenated alkanes) is 5. The van der Waals surface area contributed by atoms with Crippen molar-refractivity contribution >= 4 is 15.4 Å². The van der Waals surface area contributed by atoms with Crippen molar-refractivity contribution < 1.29 is 24.0 Å². The molecule has 3 N–H and O–H groups in total. The van der Waals surface area contributed by atoms with Gasteiger partial charge >= 0.3 is 15.4 Å². The molecule has 0 rings (SSSR count). The van der Waals surface area contributed by atoms with Gasteiger partial charge in [0.25, 0.3) is 5.40 Å². The van der Waals surface area contributed by atoms with Crippen LogP contribution in [0.25, 0.3) is 0 Å². The quantitative estimate of drug-likeness (QED) is 0.200. The molecule has 0 saturated heterocycles. The lowest BCUT2D eigenvalue weighted by molar-refractivity contribution is 0.349. The molecular formula is C18H35O5P2+. The van der Waals surface area contributed by atoms with Crippen LogP contribution in [0.3, 0.4) is 0 Å². The van der Waals surface area contributed by atoms with Crippen LogP contribution in [0.4, 0.5) is 0 Å². The zero-order valence-electron chi connectivity index (χ0n) is 15.9. The van der Waals surface area contributed by atoms with E-state index in [-0.39, 0.29) is 6.42 Å². The van der Waals surface area contributed by atoms with Crippen molar-refractivity contribution in [1.29, 1.82) is 0 Å². The van der Waals surface area contributed by atoms with Crippen LogP contribution in [0.2, 0.25) is 0 Å². The van der Waals surface area contributed by atoms with Crippen LogP contribution in [0.1, 0.15) is 78.6 Å². The molecule has 2 unspecified atom stereocenters. The molecule has 0 fully saturated rings. The summed E-state index contributed by atoms with van der Waals surface area (Å²) >= 11 is 0. The summed E-state index contributed by atoms with van der Waals surface area (Å²) in [5.74, 6) is 0. The molecule has 0 aromatic rings. The Bertz CT molecular complexity index is 490. The van der Waals surface area contributed by atoms with E-state index >= 15 is 0 Å². The van der Waals surface area contributed by atoms with Crippen LogP contribution in [0.5, 0.6) is 0 Å². The van der Waals surface area contributed by atoms with Gasteiger partial charge in [0.05, 0.1) is 0 Å². The van der Waals surface area contributed by atoms with Gasteiger partial charge in [-0.15, -0.1) is 0 Å². The number of aliphatic hydroxyl groups excluding tert-OH is 1. The highest BCUT2D eigenvalue weighted by atomic mass is 31.2. The monoisotopic (exact) mass is 393 g/mol. The largest absolute Gasteiger partial charge is 0.382 e. The first-order valence-corrected chi connectivity index (χ1v) is 12.3. The Kier molecular flexibility index (Phi) is 13.7. The van der Waals surface area contributed by atoms with E-state index in [4.69, 9.17) is 5.11 Å². The minimum absolute atomic E-state index is 0.212. The summed E-state index contributed by atoms with van der Waals surface area (Å²) < 4.78 is 22.8. The van der Waals surface area contributed by atoms with Crippen LogP contribution >= 0.6 is 15.4 Å². The summed E-state index contributed by atoms with van der Waals surface area (Å²) in [7, 11) is -6.64. The van der Waals surface area contributed by atoms with Crippen molar-refractivity contribution in [2.45, 2.75) is 84.0 Å². The van der Waals surface area contributed by atoms with Crippen molar-refractivity contribution in [3.63, 3.8) is 0 Å². The van der Waals surface area contributed by atoms with E-state index in [0.29, 0.717) is 6.42 Å². The van der Waals surface area contributed by atoms with Crippen LogP contribution in [-0.4, -0.2) is 26.6 Å². The zero-order chi connectivity index (χ0) is 19.3. The second-order valence-corrected chi connectivity index (χ2v) is 10.8. The third kappa shape index (κ3) is 13.5. The molecular weight excluding hydrogens is 358 g/mol. The fraction of sp³-hybridized carbons (Fsp3) is 0.778. The zero-order valence-corrected chi connectivity index (χ0v) is 17.6. The third-order valence-corrected chi connectivity index (χ3v) is 8.02. The highest BCUT2D eigenvalue weighted by Gasteiger charge is 2.43. The summed E-state index contributed by atoms with van der Waals surface area (Å²) in [6.07, 6.45) is 12.1. The third-order valence-electron chi connectivity index (χ3n) is 4.11. The molecule has 146 valence electrons. The molecule has 0 aliphatic rings. The highest BCUT2D eigenvalue weighted by Crippen LogP contribution is 2.55. The SMILES string of the molecule is CC(C)=CCCC(C)=CCCCCCCCC([P+](=O)CO)P(=O)(O)O. The molecule has 0 aromatic carbocycles. The van der Waals surface area contributed by atoms with Crippen LogP contribution in [0.15, 0.2) is 23.3 Å². The number of rotatable bonds is 14. The Morgan fingerprint density at radius 2 is 1.60 bits per heavy atom. The lowest BCUT2D eigenvalue weighted by Gasteiger charge is -2.08. The fourth-order valence-corrected chi connectivity index (χ4v) is 5.35. The summed E-state index contributed by atoms with van der Waals surface area (Å²) in [5, 5.41) is 7.66. The molecule has 7 heteroatoms. The van der Waals surface area contributed by atoms with Crippen LogP contribution < -0.4 is 0 Å². The standard InChI is InChI=1S/C18H34O5P2/c1-16(2)11-10-13-17(3)12-8-6-4-5-7-9-14-18(24(20)15-19)25(21,22)23/h11-12,18-19H,4-10,13-15H2,1-3H3,(H-,21,22,23)/p+1. The van der Waals surface area contributed by atoms with Crippen LogP contribution in [0, 0.1) is 0 Å². The molecule has 0 heterocycles. The van der Waals surface area contributed by atoms with E-state index in [2.05, 4.69) is 32.9 Å². The first kappa shape index (κ1) is 24.7. The molecule has 0 aromatic heterocycles. The second kappa shape index (κ2) is 13.8. The summed E-state index contributed by atoms with van der Waals surface area (Å²) in [6.45, 7) is 6.40. The minimum Gasteiger partial charge on any atom is -0.353 e. The van der Waals surface area contributed by atoms with Gasteiger partial charge in [-0.2, -0.15) is 0 Å². The molecule has 0 amide bonds. The van der Waals surface area contributed by atoms with Crippen molar-refractivity contribution in [2.24, 2.45) is 0 Å². The molecule has 0 aliphatic heterocycles.